The number of guanidine groups is 1. The number of nitrogens with zero attached hydrogens (tertiary/aromatic N) is 4. The summed E-state index contributed by atoms with van der Waals surface area (Å²) >= 11 is 0. The van der Waals surface area contributed by atoms with Crippen molar-refractivity contribution >= 4 is 5.96 Å². The van der Waals surface area contributed by atoms with Crippen LogP contribution in [0.25, 0.3) is 0 Å². The third kappa shape index (κ3) is 6.83. The maximum Gasteiger partial charge on any atom is 0.191 e. The van der Waals surface area contributed by atoms with E-state index < -0.39 is 0 Å². The highest BCUT2D eigenvalue weighted by molar-refractivity contribution is 5.79. The molecule has 0 aliphatic carbocycles. The van der Waals surface area contributed by atoms with Crippen LogP contribution in [0.3, 0.4) is 0 Å². The molecule has 30 heavy (non-hydrogen) atoms. The van der Waals surface area contributed by atoms with Gasteiger partial charge in [0.25, 0.3) is 0 Å². The van der Waals surface area contributed by atoms with Crippen LogP contribution in [0.5, 0.6) is 0 Å². The lowest BCUT2D eigenvalue weighted by atomic mass is 9.84. The first-order valence-corrected chi connectivity index (χ1v) is 12.8. The molecule has 0 saturated carbocycles. The highest BCUT2D eigenvalue weighted by Gasteiger charge is 2.39. The smallest absolute Gasteiger partial charge is 0.191 e. The molecule has 2 N–H and O–H groups in total. The maximum atomic E-state index is 5.13. The van der Waals surface area contributed by atoms with Crippen molar-refractivity contribution in [2.24, 2.45) is 4.99 Å². The van der Waals surface area contributed by atoms with Crippen molar-refractivity contribution < 1.29 is 0 Å². The Morgan fingerprint density at radius 1 is 0.967 bits per heavy atom. The van der Waals surface area contributed by atoms with Gasteiger partial charge in [-0.25, -0.2) is 0 Å². The predicted octanol–water partition coefficient (Wildman–Crippen LogP) is 2.76. The van der Waals surface area contributed by atoms with Crippen LogP contribution < -0.4 is 10.6 Å². The van der Waals surface area contributed by atoms with Gasteiger partial charge in [0.05, 0.1) is 6.54 Å². The fourth-order valence-corrected chi connectivity index (χ4v) is 5.52. The van der Waals surface area contributed by atoms with Crippen molar-refractivity contribution in [2.45, 2.75) is 83.2 Å². The molecule has 0 radical (unpaired) electrons. The number of hydrogen-bond acceptors (Lipinski definition) is 4. The zero-order valence-corrected chi connectivity index (χ0v) is 20.1. The van der Waals surface area contributed by atoms with Crippen molar-refractivity contribution in [3.63, 3.8) is 0 Å². The van der Waals surface area contributed by atoms with Crippen molar-refractivity contribution in [3.05, 3.63) is 0 Å². The average Bonchev–Trinajstić information content (AvgIpc) is 2.78. The molecule has 3 aliphatic rings. The molecule has 0 amide bonds. The summed E-state index contributed by atoms with van der Waals surface area (Å²) < 4.78 is 0. The molecule has 1 atom stereocenters. The lowest BCUT2D eigenvalue weighted by Crippen LogP contribution is -2.58. The van der Waals surface area contributed by atoms with E-state index in [2.05, 4.69) is 46.2 Å². The molecule has 3 fully saturated rings. The van der Waals surface area contributed by atoms with Gasteiger partial charge >= 0.3 is 0 Å². The Labute approximate surface area is 185 Å². The fourth-order valence-electron chi connectivity index (χ4n) is 5.52. The topological polar surface area (TPSA) is 46.1 Å². The molecule has 3 rings (SSSR count). The number of piperidine rings is 3. The van der Waals surface area contributed by atoms with E-state index in [9.17, 15) is 0 Å². The minimum atomic E-state index is 0.262. The molecule has 6 nitrogen and oxygen atoms in total. The molecule has 3 saturated heterocycles. The van der Waals surface area contributed by atoms with Crippen molar-refractivity contribution in [2.75, 3.05) is 66.0 Å². The SMILES string of the molecule is CCNC(=NCC1(N2CCCCC2)CCN(C)CC1)NCCCN1CCCCC1C. The molecule has 0 aromatic heterocycles. The summed E-state index contributed by atoms with van der Waals surface area (Å²) in [6.45, 7) is 14.8. The van der Waals surface area contributed by atoms with Gasteiger partial charge in [0.2, 0.25) is 0 Å². The molecule has 1 unspecified atom stereocenters. The predicted molar refractivity (Wildman–Crippen MR) is 128 cm³/mol. The summed E-state index contributed by atoms with van der Waals surface area (Å²) in [5, 5.41) is 7.12. The molecule has 0 bridgehead atoms. The molecule has 174 valence electrons. The normalized spacial score (nSPS) is 27.2. The van der Waals surface area contributed by atoms with Gasteiger partial charge in [-0.3, -0.25) is 9.89 Å². The molecular formula is C24H48N6. The highest BCUT2D eigenvalue weighted by atomic mass is 15.3. The Balaban J connectivity index is 1.52. The Morgan fingerprint density at radius 2 is 1.70 bits per heavy atom. The lowest BCUT2D eigenvalue weighted by molar-refractivity contribution is 0.0208. The van der Waals surface area contributed by atoms with Crippen LogP contribution >= 0.6 is 0 Å². The van der Waals surface area contributed by atoms with Gasteiger partial charge in [-0.05, 0) is 98.6 Å². The molecule has 0 aromatic carbocycles. The zero-order valence-electron chi connectivity index (χ0n) is 20.1. The average molecular weight is 421 g/mol. The number of likely N-dealkylation sites (tertiary alicyclic amines) is 3. The van der Waals surface area contributed by atoms with Gasteiger partial charge < -0.3 is 20.4 Å². The first kappa shape index (κ1) is 23.8. The van der Waals surface area contributed by atoms with Crippen molar-refractivity contribution in [3.8, 4) is 0 Å². The fraction of sp³-hybridized carbons (Fsp3) is 0.958. The van der Waals surface area contributed by atoms with E-state index in [-0.39, 0.29) is 5.54 Å². The third-order valence-corrected chi connectivity index (χ3v) is 7.68. The van der Waals surface area contributed by atoms with Crippen molar-refractivity contribution in [1.29, 1.82) is 0 Å². The first-order valence-electron chi connectivity index (χ1n) is 12.8. The van der Waals surface area contributed by atoms with E-state index in [0.717, 1.165) is 31.6 Å². The third-order valence-electron chi connectivity index (χ3n) is 7.68. The van der Waals surface area contributed by atoms with E-state index in [0.29, 0.717) is 0 Å². The van der Waals surface area contributed by atoms with Crippen LogP contribution in [0.1, 0.15) is 71.6 Å². The van der Waals surface area contributed by atoms with Gasteiger partial charge in [-0.2, -0.15) is 0 Å². The second-order valence-electron chi connectivity index (χ2n) is 9.93. The number of hydrogen-bond donors (Lipinski definition) is 2. The number of aliphatic imine (C=N–C) groups is 1. The second-order valence-corrected chi connectivity index (χ2v) is 9.93. The standard InChI is InChI=1S/C24H48N6/c1-4-25-23(26-14-10-16-29-15-9-6-11-22(29)2)27-21-24(12-19-28(3)20-13-24)30-17-7-5-8-18-30/h22H,4-21H2,1-3H3,(H2,25,26,27). The van der Waals surface area contributed by atoms with Crippen LogP contribution in [0.4, 0.5) is 0 Å². The Morgan fingerprint density at radius 3 is 2.40 bits per heavy atom. The monoisotopic (exact) mass is 420 g/mol. The zero-order chi connectivity index (χ0) is 21.2. The molecule has 0 aromatic rings. The van der Waals surface area contributed by atoms with E-state index in [4.69, 9.17) is 4.99 Å². The van der Waals surface area contributed by atoms with Crippen molar-refractivity contribution in [1.82, 2.24) is 25.3 Å². The summed E-state index contributed by atoms with van der Waals surface area (Å²) in [6.07, 6.45) is 11.9. The second kappa shape index (κ2) is 12.3. The van der Waals surface area contributed by atoms with Crippen LogP contribution in [0.15, 0.2) is 4.99 Å². The van der Waals surface area contributed by atoms with E-state index >= 15 is 0 Å². The highest BCUT2D eigenvalue weighted by Crippen LogP contribution is 2.31. The largest absolute Gasteiger partial charge is 0.357 e. The van der Waals surface area contributed by atoms with Gasteiger partial charge in [-0.1, -0.05) is 12.8 Å². The van der Waals surface area contributed by atoms with E-state index in [1.807, 2.05) is 0 Å². The summed E-state index contributed by atoms with van der Waals surface area (Å²) in [4.78, 5) is 13.1. The van der Waals surface area contributed by atoms with E-state index in [1.54, 1.807) is 0 Å². The van der Waals surface area contributed by atoms with Crippen LogP contribution in [0, 0.1) is 0 Å². The summed E-state index contributed by atoms with van der Waals surface area (Å²) in [5.74, 6) is 1.01. The Kier molecular flexibility index (Phi) is 9.72. The molecule has 6 heteroatoms. The van der Waals surface area contributed by atoms with Crippen LogP contribution in [-0.2, 0) is 0 Å². The number of nitrogens with one attached hydrogen (secondary N) is 2. The maximum absolute atomic E-state index is 5.13. The van der Waals surface area contributed by atoms with E-state index in [1.165, 1.54) is 97.1 Å². The van der Waals surface area contributed by atoms with Crippen LogP contribution in [0.2, 0.25) is 0 Å². The lowest BCUT2D eigenvalue weighted by Gasteiger charge is -2.49. The summed E-state index contributed by atoms with van der Waals surface area (Å²) in [6, 6.07) is 0.759. The first-order chi connectivity index (χ1) is 14.6. The van der Waals surface area contributed by atoms with Gasteiger partial charge in [0.15, 0.2) is 5.96 Å². The Bertz CT molecular complexity index is 508. The molecule has 3 heterocycles. The van der Waals surface area contributed by atoms with Gasteiger partial charge in [-0.15, -0.1) is 0 Å². The Hall–Kier alpha value is -0.850. The molecular weight excluding hydrogens is 372 g/mol. The number of rotatable bonds is 8. The summed E-state index contributed by atoms with van der Waals surface area (Å²) in [7, 11) is 2.26. The molecule has 3 aliphatic heterocycles. The quantitative estimate of drug-likeness (QED) is 0.359. The minimum absolute atomic E-state index is 0.262. The van der Waals surface area contributed by atoms with Crippen LogP contribution in [-0.4, -0.2) is 98.2 Å². The molecule has 0 spiro atoms. The van der Waals surface area contributed by atoms with Gasteiger partial charge in [0.1, 0.15) is 0 Å². The summed E-state index contributed by atoms with van der Waals surface area (Å²) in [5.41, 5.74) is 0.262. The minimum Gasteiger partial charge on any atom is -0.357 e. The van der Waals surface area contributed by atoms with Gasteiger partial charge in [0, 0.05) is 31.2 Å².